The van der Waals surface area contributed by atoms with Crippen molar-refractivity contribution in [3.63, 3.8) is 0 Å². The van der Waals surface area contributed by atoms with Gasteiger partial charge in [0.2, 0.25) is 0 Å². The van der Waals surface area contributed by atoms with Crippen molar-refractivity contribution in [3.05, 3.63) is 29.8 Å². The Morgan fingerprint density at radius 2 is 2.05 bits per heavy atom. The SMILES string of the molecule is c1ccc2c(c1)CC(CN1CCCNC3(CCCC3)C1)O2. The van der Waals surface area contributed by atoms with E-state index in [2.05, 4.69) is 34.5 Å². The van der Waals surface area contributed by atoms with Gasteiger partial charge < -0.3 is 10.1 Å². The molecule has 1 aliphatic carbocycles. The zero-order chi connectivity index (χ0) is 14.1. The Balaban J connectivity index is 1.40. The quantitative estimate of drug-likeness (QED) is 0.904. The number of benzene rings is 1. The summed E-state index contributed by atoms with van der Waals surface area (Å²) in [6.07, 6.45) is 8.19. The van der Waals surface area contributed by atoms with Crippen LogP contribution in [-0.4, -0.2) is 42.7 Å². The van der Waals surface area contributed by atoms with Crippen molar-refractivity contribution in [2.24, 2.45) is 0 Å². The normalized spacial score (nSPS) is 28.3. The first kappa shape index (κ1) is 13.6. The third-order valence-electron chi connectivity index (χ3n) is 5.41. The van der Waals surface area contributed by atoms with E-state index < -0.39 is 0 Å². The molecule has 1 atom stereocenters. The van der Waals surface area contributed by atoms with E-state index in [0.29, 0.717) is 11.6 Å². The summed E-state index contributed by atoms with van der Waals surface area (Å²) in [4.78, 5) is 2.65. The molecule has 1 aromatic rings. The van der Waals surface area contributed by atoms with Crippen LogP contribution in [0.25, 0.3) is 0 Å². The highest BCUT2D eigenvalue weighted by molar-refractivity contribution is 5.37. The molecule has 0 aromatic heterocycles. The van der Waals surface area contributed by atoms with Gasteiger partial charge in [0.15, 0.2) is 0 Å². The highest BCUT2D eigenvalue weighted by Crippen LogP contribution is 2.33. The van der Waals surface area contributed by atoms with Gasteiger partial charge in [0.05, 0.1) is 0 Å². The van der Waals surface area contributed by atoms with Gasteiger partial charge in [0, 0.05) is 25.0 Å². The fourth-order valence-electron chi connectivity index (χ4n) is 4.41. The molecule has 21 heavy (non-hydrogen) atoms. The second kappa shape index (κ2) is 5.62. The molecular weight excluding hydrogens is 260 g/mol. The number of rotatable bonds is 2. The lowest BCUT2D eigenvalue weighted by molar-refractivity contribution is 0.131. The number of hydrogen-bond donors (Lipinski definition) is 1. The van der Waals surface area contributed by atoms with E-state index in [0.717, 1.165) is 18.7 Å². The molecule has 4 rings (SSSR count). The Labute approximate surface area is 127 Å². The minimum Gasteiger partial charge on any atom is -0.488 e. The molecule has 1 spiro atoms. The van der Waals surface area contributed by atoms with Crippen LogP contribution in [0.1, 0.15) is 37.7 Å². The molecule has 1 saturated heterocycles. The van der Waals surface area contributed by atoms with Gasteiger partial charge in [-0.2, -0.15) is 0 Å². The molecule has 2 fully saturated rings. The monoisotopic (exact) mass is 286 g/mol. The molecule has 1 aromatic carbocycles. The van der Waals surface area contributed by atoms with Crippen molar-refractivity contribution >= 4 is 0 Å². The lowest BCUT2D eigenvalue weighted by Crippen LogP contribution is -2.50. The maximum Gasteiger partial charge on any atom is 0.123 e. The van der Waals surface area contributed by atoms with Gasteiger partial charge in [-0.15, -0.1) is 0 Å². The maximum atomic E-state index is 6.14. The Kier molecular flexibility index (Phi) is 3.64. The molecule has 2 aliphatic heterocycles. The predicted octanol–water partition coefficient (Wildman–Crippen LogP) is 2.60. The third kappa shape index (κ3) is 2.82. The number of hydrogen-bond acceptors (Lipinski definition) is 3. The van der Waals surface area contributed by atoms with Gasteiger partial charge in [0.25, 0.3) is 0 Å². The average molecular weight is 286 g/mol. The summed E-state index contributed by atoms with van der Waals surface area (Å²) in [5.41, 5.74) is 1.79. The Bertz CT molecular complexity index is 471. The molecule has 3 nitrogen and oxygen atoms in total. The summed E-state index contributed by atoms with van der Waals surface area (Å²) in [5, 5.41) is 3.85. The second-order valence-corrected chi connectivity index (χ2v) is 7.05. The minimum atomic E-state index is 0.346. The number of fused-ring (bicyclic) bond motifs is 1. The van der Waals surface area contributed by atoms with Crippen molar-refractivity contribution in [2.75, 3.05) is 26.2 Å². The summed E-state index contributed by atoms with van der Waals surface area (Å²) in [6, 6.07) is 8.51. The van der Waals surface area contributed by atoms with E-state index in [-0.39, 0.29) is 0 Å². The summed E-state index contributed by atoms with van der Waals surface area (Å²) in [6.45, 7) is 4.69. The van der Waals surface area contributed by atoms with Gasteiger partial charge in [0.1, 0.15) is 11.9 Å². The second-order valence-electron chi connectivity index (χ2n) is 7.05. The molecule has 1 unspecified atom stereocenters. The van der Waals surface area contributed by atoms with E-state index in [1.54, 1.807) is 0 Å². The van der Waals surface area contributed by atoms with Crippen molar-refractivity contribution in [3.8, 4) is 5.75 Å². The van der Waals surface area contributed by atoms with Crippen molar-refractivity contribution in [1.29, 1.82) is 0 Å². The Hall–Kier alpha value is -1.06. The highest BCUT2D eigenvalue weighted by atomic mass is 16.5. The highest BCUT2D eigenvalue weighted by Gasteiger charge is 2.37. The van der Waals surface area contributed by atoms with Crippen LogP contribution in [0.15, 0.2) is 24.3 Å². The molecule has 0 bridgehead atoms. The first-order valence-corrected chi connectivity index (χ1v) is 8.55. The van der Waals surface area contributed by atoms with Crippen LogP contribution in [0.3, 0.4) is 0 Å². The molecule has 0 radical (unpaired) electrons. The van der Waals surface area contributed by atoms with Crippen LogP contribution in [0, 0.1) is 0 Å². The molecule has 0 amide bonds. The van der Waals surface area contributed by atoms with Gasteiger partial charge in [-0.25, -0.2) is 0 Å². The topological polar surface area (TPSA) is 24.5 Å². The molecule has 114 valence electrons. The van der Waals surface area contributed by atoms with Crippen molar-refractivity contribution in [2.45, 2.75) is 50.2 Å². The summed E-state index contributed by atoms with van der Waals surface area (Å²) < 4.78 is 6.14. The first-order valence-electron chi connectivity index (χ1n) is 8.55. The number of ether oxygens (including phenoxy) is 1. The largest absolute Gasteiger partial charge is 0.488 e. The van der Waals surface area contributed by atoms with E-state index in [4.69, 9.17) is 4.74 Å². The van der Waals surface area contributed by atoms with Crippen LogP contribution < -0.4 is 10.1 Å². The molecule has 3 aliphatic rings. The zero-order valence-electron chi connectivity index (χ0n) is 12.8. The van der Waals surface area contributed by atoms with E-state index in [9.17, 15) is 0 Å². The van der Waals surface area contributed by atoms with Crippen molar-refractivity contribution < 1.29 is 4.74 Å². The van der Waals surface area contributed by atoms with Crippen LogP contribution in [0.4, 0.5) is 0 Å². The molecule has 1 saturated carbocycles. The maximum absolute atomic E-state index is 6.14. The van der Waals surface area contributed by atoms with E-state index >= 15 is 0 Å². The number of para-hydroxylation sites is 1. The minimum absolute atomic E-state index is 0.346. The molecule has 3 heteroatoms. The van der Waals surface area contributed by atoms with E-state index in [1.807, 2.05) is 0 Å². The number of nitrogens with zero attached hydrogens (tertiary/aromatic N) is 1. The van der Waals surface area contributed by atoms with Gasteiger partial charge in [-0.3, -0.25) is 4.90 Å². The van der Waals surface area contributed by atoms with Crippen molar-refractivity contribution in [1.82, 2.24) is 10.2 Å². The lowest BCUT2D eigenvalue weighted by Gasteiger charge is -2.34. The van der Waals surface area contributed by atoms with Crippen LogP contribution in [-0.2, 0) is 6.42 Å². The smallest absolute Gasteiger partial charge is 0.123 e. The van der Waals surface area contributed by atoms with E-state index in [1.165, 1.54) is 57.3 Å². The van der Waals surface area contributed by atoms with Crippen LogP contribution in [0.5, 0.6) is 5.75 Å². The predicted molar refractivity (Wildman–Crippen MR) is 84.8 cm³/mol. The van der Waals surface area contributed by atoms with Crippen LogP contribution >= 0.6 is 0 Å². The van der Waals surface area contributed by atoms with Crippen LogP contribution in [0.2, 0.25) is 0 Å². The fraction of sp³-hybridized carbons (Fsp3) is 0.667. The van der Waals surface area contributed by atoms with Gasteiger partial charge >= 0.3 is 0 Å². The lowest BCUT2D eigenvalue weighted by atomic mass is 9.97. The molecule has 2 heterocycles. The van der Waals surface area contributed by atoms with Gasteiger partial charge in [-0.05, 0) is 44.0 Å². The average Bonchev–Trinajstić information content (AvgIpc) is 3.04. The fourth-order valence-corrected chi connectivity index (χ4v) is 4.41. The molecule has 1 N–H and O–H groups in total. The first-order chi connectivity index (χ1) is 10.3. The third-order valence-corrected chi connectivity index (χ3v) is 5.41. The summed E-state index contributed by atoms with van der Waals surface area (Å²) >= 11 is 0. The van der Waals surface area contributed by atoms with Gasteiger partial charge in [-0.1, -0.05) is 31.0 Å². The Morgan fingerprint density at radius 1 is 1.19 bits per heavy atom. The Morgan fingerprint density at radius 3 is 2.90 bits per heavy atom. The number of nitrogens with one attached hydrogen (secondary N) is 1. The standard InChI is InChI=1S/C18H26N2O/c1-2-7-17-15(6-1)12-16(21-17)13-20-11-5-10-19-18(14-20)8-3-4-9-18/h1-2,6-7,16,19H,3-5,8-14H2. The summed E-state index contributed by atoms with van der Waals surface area (Å²) in [5.74, 6) is 1.10. The summed E-state index contributed by atoms with van der Waals surface area (Å²) in [7, 11) is 0. The zero-order valence-corrected chi connectivity index (χ0v) is 12.8. The molecular formula is C18H26N2O.